The van der Waals surface area contributed by atoms with E-state index in [1.807, 2.05) is 11.3 Å². The molecule has 0 radical (unpaired) electrons. The van der Waals surface area contributed by atoms with Gasteiger partial charge in [-0.15, -0.1) is 21.5 Å². The van der Waals surface area contributed by atoms with Gasteiger partial charge in [0.05, 0.1) is 11.4 Å². The summed E-state index contributed by atoms with van der Waals surface area (Å²) in [4.78, 5) is 17.8. The van der Waals surface area contributed by atoms with E-state index >= 15 is 0 Å². The molecule has 3 heterocycles. The first-order valence-corrected chi connectivity index (χ1v) is 11.9. The minimum atomic E-state index is -0.154. The summed E-state index contributed by atoms with van der Waals surface area (Å²) in [7, 11) is 0. The molecule has 0 saturated heterocycles. The number of hydrogen-bond donors (Lipinski definition) is 1. The number of fused-ring (bicyclic) bond motifs is 1. The van der Waals surface area contributed by atoms with Gasteiger partial charge in [-0.3, -0.25) is 4.79 Å². The molecule has 29 heavy (non-hydrogen) atoms. The van der Waals surface area contributed by atoms with Crippen LogP contribution in [0.3, 0.4) is 0 Å². The summed E-state index contributed by atoms with van der Waals surface area (Å²) in [5, 5.41) is 14.9. The number of nitrogens with one attached hydrogen (secondary N) is 1. The maximum Gasteiger partial charge on any atom is 0.234 e. The van der Waals surface area contributed by atoms with Crippen molar-refractivity contribution in [3.63, 3.8) is 0 Å². The molecule has 1 N–H and O–H groups in total. The summed E-state index contributed by atoms with van der Waals surface area (Å²) >= 11 is 9.21. The number of nitrogens with zero attached hydrogens (tertiary/aromatic N) is 4. The van der Waals surface area contributed by atoms with Crippen LogP contribution in [0.5, 0.6) is 0 Å². The van der Waals surface area contributed by atoms with Crippen molar-refractivity contribution in [3.05, 3.63) is 39.3 Å². The predicted molar refractivity (Wildman–Crippen MR) is 119 cm³/mol. The van der Waals surface area contributed by atoms with Crippen LogP contribution in [0.25, 0.3) is 11.4 Å². The minimum Gasteiger partial charge on any atom is -0.323 e. The zero-order valence-corrected chi connectivity index (χ0v) is 18.7. The Balaban J connectivity index is 1.48. The first-order chi connectivity index (χ1) is 14.1. The lowest BCUT2D eigenvalue weighted by molar-refractivity contribution is -0.113. The SMILES string of the molecule is CCn1c(SCC(=O)Nc2cccnc2Cl)nnc1-c1csc2c1CCC(C)C2. The average Bonchev–Trinajstić information content (AvgIpc) is 3.30. The van der Waals surface area contributed by atoms with Crippen LogP contribution in [0.2, 0.25) is 5.15 Å². The molecular formula is C20H22ClN5OS2. The van der Waals surface area contributed by atoms with Crippen molar-refractivity contribution < 1.29 is 4.79 Å². The van der Waals surface area contributed by atoms with Gasteiger partial charge in [0.1, 0.15) is 0 Å². The highest BCUT2D eigenvalue weighted by Gasteiger charge is 2.24. The molecule has 1 aliphatic carbocycles. The highest BCUT2D eigenvalue weighted by molar-refractivity contribution is 7.99. The van der Waals surface area contributed by atoms with Gasteiger partial charge in [0, 0.05) is 28.6 Å². The fourth-order valence-electron chi connectivity index (χ4n) is 3.54. The van der Waals surface area contributed by atoms with E-state index < -0.39 is 0 Å². The van der Waals surface area contributed by atoms with E-state index in [4.69, 9.17) is 11.6 Å². The molecule has 4 rings (SSSR count). The van der Waals surface area contributed by atoms with Gasteiger partial charge in [-0.25, -0.2) is 4.98 Å². The Labute approximate surface area is 183 Å². The highest BCUT2D eigenvalue weighted by Crippen LogP contribution is 2.38. The Morgan fingerprint density at radius 3 is 3.10 bits per heavy atom. The van der Waals surface area contributed by atoms with Crippen molar-refractivity contribution in [2.75, 3.05) is 11.1 Å². The summed E-state index contributed by atoms with van der Waals surface area (Å²) in [6.07, 6.45) is 5.05. The van der Waals surface area contributed by atoms with Crippen molar-refractivity contribution in [1.82, 2.24) is 19.7 Å². The molecule has 152 valence electrons. The van der Waals surface area contributed by atoms with Gasteiger partial charge < -0.3 is 9.88 Å². The molecule has 0 fully saturated rings. The monoisotopic (exact) mass is 447 g/mol. The maximum atomic E-state index is 12.3. The number of pyridine rings is 1. The Morgan fingerprint density at radius 1 is 1.45 bits per heavy atom. The van der Waals surface area contributed by atoms with Crippen LogP contribution in [-0.4, -0.2) is 31.4 Å². The fourth-order valence-corrected chi connectivity index (χ4v) is 5.75. The second-order valence-corrected chi connectivity index (χ2v) is 9.39. The third-order valence-electron chi connectivity index (χ3n) is 5.04. The molecule has 0 spiro atoms. The van der Waals surface area contributed by atoms with Gasteiger partial charge in [0.15, 0.2) is 16.1 Å². The molecule has 0 bridgehead atoms. The van der Waals surface area contributed by atoms with E-state index in [0.717, 1.165) is 36.3 Å². The van der Waals surface area contributed by atoms with Crippen molar-refractivity contribution >= 4 is 46.3 Å². The zero-order valence-electron chi connectivity index (χ0n) is 16.3. The molecule has 0 saturated carbocycles. The molecule has 3 aromatic heterocycles. The second-order valence-electron chi connectivity index (χ2n) is 7.13. The van der Waals surface area contributed by atoms with E-state index in [2.05, 4.69) is 44.3 Å². The summed E-state index contributed by atoms with van der Waals surface area (Å²) in [5.41, 5.74) is 3.14. The molecule has 1 aliphatic rings. The molecule has 3 aromatic rings. The van der Waals surface area contributed by atoms with Crippen LogP contribution in [0, 0.1) is 5.92 Å². The molecular weight excluding hydrogens is 426 g/mol. The quantitative estimate of drug-likeness (QED) is 0.428. The van der Waals surface area contributed by atoms with Crippen LogP contribution in [0.15, 0.2) is 28.9 Å². The van der Waals surface area contributed by atoms with Crippen LogP contribution in [-0.2, 0) is 24.2 Å². The van der Waals surface area contributed by atoms with Gasteiger partial charge in [0.2, 0.25) is 5.91 Å². The van der Waals surface area contributed by atoms with E-state index in [-0.39, 0.29) is 16.8 Å². The zero-order chi connectivity index (χ0) is 20.4. The second kappa shape index (κ2) is 8.85. The van der Waals surface area contributed by atoms with Crippen LogP contribution in [0.4, 0.5) is 5.69 Å². The lowest BCUT2D eigenvalue weighted by Gasteiger charge is -2.19. The largest absolute Gasteiger partial charge is 0.323 e. The third kappa shape index (κ3) is 4.34. The van der Waals surface area contributed by atoms with Crippen LogP contribution in [0.1, 0.15) is 30.7 Å². The first-order valence-electron chi connectivity index (χ1n) is 9.62. The lowest BCUT2D eigenvalue weighted by atomic mass is 9.88. The number of thioether (sulfide) groups is 1. The maximum absolute atomic E-state index is 12.3. The van der Waals surface area contributed by atoms with Gasteiger partial charge in [-0.2, -0.15) is 0 Å². The van der Waals surface area contributed by atoms with Gasteiger partial charge in [-0.1, -0.05) is 30.3 Å². The van der Waals surface area contributed by atoms with Crippen LogP contribution >= 0.6 is 34.7 Å². The normalized spacial score (nSPS) is 15.9. The molecule has 9 heteroatoms. The Morgan fingerprint density at radius 2 is 2.31 bits per heavy atom. The predicted octanol–water partition coefficient (Wildman–Crippen LogP) is 4.93. The van der Waals surface area contributed by atoms with Gasteiger partial charge >= 0.3 is 0 Å². The van der Waals surface area contributed by atoms with E-state index in [9.17, 15) is 4.79 Å². The first kappa shape index (κ1) is 20.4. The average molecular weight is 448 g/mol. The number of rotatable bonds is 6. The number of carbonyl (C=O) groups is 1. The molecule has 0 aromatic carbocycles. The molecule has 1 unspecified atom stereocenters. The molecule has 1 atom stereocenters. The Kier molecular flexibility index (Phi) is 6.22. The number of thiophene rings is 1. The number of aromatic nitrogens is 4. The number of halogens is 1. The third-order valence-corrected chi connectivity index (χ3v) is 7.36. The minimum absolute atomic E-state index is 0.154. The number of carbonyl (C=O) groups excluding carboxylic acids is 1. The Hall–Kier alpha value is -1.90. The summed E-state index contributed by atoms with van der Waals surface area (Å²) < 4.78 is 2.09. The number of anilines is 1. The molecule has 1 amide bonds. The smallest absolute Gasteiger partial charge is 0.234 e. The molecule has 0 aliphatic heterocycles. The van der Waals surface area contributed by atoms with E-state index in [0.29, 0.717) is 5.69 Å². The molecule has 6 nitrogen and oxygen atoms in total. The standard InChI is InChI=1S/C20H22ClN5OS2/c1-3-26-19(14-10-28-16-9-12(2)6-7-13(14)16)24-25-20(26)29-11-17(27)23-15-5-4-8-22-18(15)21/h4-5,8,10,12H,3,6-7,9,11H2,1-2H3,(H,23,27). The summed E-state index contributed by atoms with van der Waals surface area (Å²) in [6, 6.07) is 3.46. The van der Waals surface area contributed by atoms with E-state index in [1.54, 1.807) is 18.3 Å². The van der Waals surface area contributed by atoms with E-state index in [1.165, 1.54) is 34.2 Å². The van der Waals surface area contributed by atoms with Crippen molar-refractivity contribution in [1.29, 1.82) is 0 Å². The van der Waals surface area contributed by atoms with Crippen LogP contribution < -0.4 is 5.32 Å². The van der Waals surface area contributed by atoms with Gasteiger partial charge in [-0.05, 0) is 49.8 Å². The Bertz CT molecular complexity index is 1030. The van der Waals surface area contributed by atoms with Gasteiger partial charge in [0.25, 0.3) is 0 Å². The topological polar surface area (TPSA) is 72.7 Å². The lowest BCUT2D eigenvalue weighted by Crippen LogP contribution is -2.15. The number of amides is 1. The highest BCUT2D eigenvalue weighted by atomic mass is 35.5. The summed E-state index contributed by atoms with van der Waals surface area (Å²) in [6.45, 7) is 5.14. The fraction of sp³-hybridized carbons (Fsp3) is 0.400. The van der Waals surface area contributed by atoms with Crippen molar-refractivity contribution in [2.24, 2.45) is 5.92 Å². The number of hydrogen-bond acceptors (Lipinski definition) is 6. The van der Waals surface area contributed by atoms with Crippen molar-refractivity contribution in [3.8, 4) is 11.4 Å². The van der Waals surface area contributed by atoms with Crippen molar-refractivity contribution in [2.45, 2.75) is 44.8 Å². The summed E-state index contributed by atoms with van der Waals surface area (Å²) in [5.74, 6) is 1.72.